The van der Waals surface area contributed by atoms with Gasteiger partial charge in [0.15, 0.2) is 0 Å². The molecule has 0 aromatic rings. The van der Waals surface area contributed by atoms with Gasteiger partial charge in [0.1, 0.15) is 0 Å². The fourth-order valence-corrected chi connectivity index (χ4v) is 1.19. The summed E-state index contributed by atoms with van der Waals surface area (Å²) in [5.41, 5.74) is 0. The summed E-state index contributed by atoms with van der Waals surface area (Å²) in [6.45, 7) is 0.515. The highest BCUT2D eigenvalue weighted by Crippen LogP contribution is 2.32. The zero-order valence-corrected chi connectivity index (χ0v) is 5.18. The van der Waals surface area contributed by atoms with Crippen LogP contribution < -0.4 is 10.6 Å². The van der Waals surface area contributed by atoms with Crippen LogP contribution in [0.1, 0.15) is 12.8 Å². The first-order valence-corrected chi connectivity index (χ1v) is 3.39. The van der Waals surface area contributed by atoms with Crippen LogP contribution in [0.5, 0.6) is 0 Å². The second-order valence-electron chi connectivity index (χ2n) is 2.76. The van der Waals surface area contributed by atoms with Crippen LogP contribution in [-0.2, 0) is 4.79 Å². The molecule has 3 heteroatoms. The van der Waals surface area contributed by atoms with Gasteiger partial charge in [-0.25, -0.2) is 0 Å². The second-order valence-corrected chi connectivity index (χ2v) is 2.76. The van der Waals surface area contributed by atoms with E-state index >= 15 is 0 Å². The Morgan fingerprint density at radius 3 is 2.67 bits per heavy atom. The lowest BCUT2D eigenvalue weighted by Gasteiger charge is -2.05. The van der Waals surface area contributed by atoms with Gasteiger partial charge in [0, 0.05) is 0 Å². The van der Waals surface area contributed by atoms with Crippen molar-refractivity contribution in [1.82, 2.24) is 10.6 Å². The van der Waals surface area contributed by atoms with Crippen molar-refractivity contribution in [1.29, 1.82) is 0 Å². The van der Waals surface area contributed by atoms with Gasteiger partial charge in [0.2, 0.25) is 5.91 Å². The summed E-state index contributed by atoms with van der Waals surface area (Å²) in [6.07, 6.45) is 2.85. The SMILES string of the molecule is O=C1CNC(C2CC2)N1. The monoisotopic (exact) mass is 126 g/mol. The lowest BCUT2D eigenvalue weighted by Crippen LogP contribution is -2.33. The van der Waals surface area contributed by atoms with E-state index in [2.05, 4.69) is 10.6 Å². The summed E-state index contributed by atoms with van der Waals surface area (Å²) >= 11 is 0. The lowest BCUT2D eigenvalue weighted by atomic mass is 10.3. The van der Waals surface area contributed by atoms with Crippen LogP contribution in [0, 0.1) is 5.92 Å². The first-order valence-electron chi connectivity index (χ1n) is 3.39. The molecule has 2 rings (SSSR count). The summed E-state index contributed by atoms with van der Waals surface area (Å²) in [4.78, 5) is 10.6. The van der Waals surface area contributed by atoms with E-state index < -0.39 is 0 Å². The molecule has 1 saturated heterocycles. The molecule has 50 valence electrons. The maximum absolute atomic E-state index is 10.6. The molecule has 0 aromatic heterocycles. The van der Waals surface area contributed by atoms with Gasteiger partial charge in [-0.05, 0) is 18.8 Å². The van der Waals surface area contributed by atoms with Gasteiger partial charge in [-0.1, -0.05) is 0 Å². The molecule has 2 fully saturated rings. The molecule has 1 heterocycles. The van der Waals surface area contributed by atoms with Crippen molar-refractivity contribution in [3.05, 3.63) is 0 Å². The normalized spacial score (nSPS) is 34.7. The molecule has 0 radical (unpaired) electrons. The third kappa shape index (κ3) is 0.920. The molecule has 1 atom stereocenters. The Labute approximate surface area is 53.8 Å². The molecule has 0 aromatic carbocycles. The Kier molecular flexibility index (Phi) is 0.990. The average molecular weight is 126 g/mol. The molecule has 1 unspecified atom stereocenters. The number of nitrogens with one attached hydrogen (secondary N) is 2. The van der Waals surface area contributed by atoms with Crippen LogP contribution in [0.2, 0.25) is 0 Å². The van der Waals surface area contributed by atoms with Gasteiger partial charge in [-0.2, -0.15) is 0 Å². The predicted octanol–water partition coefficient (Wildman–Crippen LogP) is -0.558. The summed E-state index contributed by atoms with van der Waals surface area (Å²) in [7, 11) is 0. The van der Waals surface area contributed by atoms with Crippen LogP contribution >= 0.6 is 0 Å². The molecule has 3 nitrogen and oxygen atoms in total. The van der Waals surface area contributed by atoms with Crippen molar-refractivity contribution < 1.29 is 4.79 Å². The van der Waals surface area contributed by atoms with Crippen LogP contribution in [0.3, 0.4) is 0 Å². The number of amides is 1. The van der Waals surface area contributed by atoms with E-state index in [9.17, 15) is 4.79 Å². The van der Waals surface area contributed by atoms with E-state index in [4.69, 9.17) is 0 Å². The number of hydrogen-bond donors (Lipinski definition) is 2. The van der Waals surface area contributed by atoms with E-state index in [1.165, 1.54) is 12.8 Å². The molecule has 1 aliphatic heterocycles. The molecular weight excluding hydrogens is 116 g/mol. The Morgan fingerprint density at radius 2 is 2.22 bits per heavy atom. The van der Waals surface area contributed by atoms with Crippen LogP contribution in [0.4, 0.5) is 0 Å². The van der Waals surface area contributed by atoms with Crippen molar-refractivity contribution in [2.24, 2.45) is 5.92 Å². The molecule has 0 bridgehead atoms. The highest BCUT2D eigenvalue weighted by molar-refractivity contribution is 5.80. The van der Waals surface area contributed by atoms with E-state index in [1.807, 2.05) is 0 Å². The molecule has 1 aliphatic carbocycles. The summed E-state index contributed by atoms with van der Waals surface area (Å²) in [5, 5.41) is 5.97. The number of carbonyl (C=O) groups is 1. The van der Waals surface area contributed by atoms with Crippen LogP contribution in [-0.4, -0.2) is 18.6 Å². The fourth-order valence-electron chi connectivity index (χ4n) is 1.19. The van der Waals surface area contributed by atoms with Gasteiger partial charge in [0.05, 0.1) is 12.7 Å². The second kappa shape index (κ2) is 1.70. The molecule has 1 saturated carbocycles. The maximum atomic E-state index is 10.6. The van der Waals surface area contributed by atoms with E-state index in [-0.39, 0.29) is 5.91 Å². The molecular formula is C6H10N2O. The number of carbonyl (C=O) groups excluding carboxylic acids is 1. The summed E-state index contributed by atoms with van der Waals surface area (Å²) in [5.74, 6) is 0.878. The number of hydrogen-bond acceptors (Lipinski definition) is 2. The minimum absolute atomic E-state index is 0.145. The summed E-state index contributed by atoms with van der Waals surface area (Å²) in [6, 6.07) is 0. The van der Waals surface area contributed by atoms with Gasteiger partial charge in [-0.15, -0.1) is 0 Å². The third-order valence-corrected chi connectivity index (χ3v) is 1.89. The zero-order chi connectivity index (χ0) is 6.27. The highest BCUT2D eigenvalue weighted by atomic mass is 16.2. The Morgan fingerprint density at radius 1 is 1.44 bits per heavy atom. The van der Waals surface area contributed by atoms with E-state index in [0.29, 0.717) is 12.7 Å². The molecule has 9 heavy (non-hydrogen) atoms. The van der Waals surface area contributed by atoms with Crippen LogP contribution in [0.15, 0.2) is 0 Å². The largest absolute Gasteiger partial charge is 0.339 e. The summed E-state index contributed by atoms with van der Waals surface area (Å²) < 4.78 is 0. The van der Waals surface area contributed by atoms with Crippen molar-refractivity contribution in [3.63, 3.8) is 0 Å². The topological polar surface area (TPSA) is 41.1 Å². The third-order valence-electron chi connectivity index (χ3n) is 1.89. The standard InChI is InChI=1S/C6H10N2O/c9-5-3-7-6(8-5)4-1-2-4/h4,6-7H,1-3H2,(H,8,9). The smallest absolute Gasteiger partial charge is 0.235 e. The van der Waals surface area contributed by atoms with E-state index in [0.717, 1.165) is 5.92 Å². The number of rotatable bonds is 1. The Balaban J connectivity index is 1.92. The first-order chi connectivity index (χ1) is 4.36. The minimum Gasteiger partial charge on any atom is -0.339 e. The average Bonchev–Trinajstić information content (AvgIpc) is 2.58. The van der Waals surface area contributed by atoms with Crippen molar-refractivity contribution in [2.75, 3.05) is 6.54 Å². The van der Waals surface area contributed by atoms with Gasteiger partial charge in [0.25, 0.3) is 0 Å². The molecule has 2 aliphatic rings. The Bertz CT molecular complexity index is 142. The van der Waals surface area contributed by atoms with Gasteiger partial charge < -0.3 is 5.32 Å². The van der Waals surface area contributed by atoms with Gasteiger partial charge >= 0.3 is 0 Å². The van der Waals surface area contributed by atoms with E-state index in [1.54, 1.807) is 0 Å². The predicted molar refractivity (Wildman–Crippen MR) is 32.7 cm³/mol. The Hall–Kier alpha value is -0.570. The van der Waals surface area contributed by atoms with Crippen molar-refractivity contribution in [2.45, 2.75) is 19.0 Å². The van der Waals surface area contributed by atoms with Crippen LogP contribution in [0.25, 0.3) is 0 Å². The van der Waals surface area contributed by atoms with Crippen molar-refractivity contribution in [3.8, 4) is 0 Å². The fraction of sp³-hybridized carbons (Fsp3) is 0.833. The van der Waals surface area contributed by atoms with Crippen molar-refractivity contribution >= 4 is 5.91 Å². The molecule has 2 N–H and O–H groups in total. The molecule has 0 spiro atoms. The first kappa shape index (κ1) is 5.23. The highest BCUT2D eigenvalue weighted by Gasteiger charge is 2.35. The maximum Gasteiger partial charge on any atom is 0.235 e. The quantitative estimate of drug-likeness (QED) is 0.494. The molecule has 1 amide bonds. The zero-order valence-electron chi connectivity index (χ0n) is 5.18. The van der Waals surface area contributed by atoms with Gasteiger partial charge in [-0.3, -0.25) is 10.1 Å². The minimum atomic E-state index is 0.145. The lowest BCUT2D eigenvalue weighted by molar-refractivity contribution is -0.118.